The van der Waals surface area contributed by atoms with E-state index in [1.807, 2.05) is 0 Å². The van der Waals surface area contributed by atoms with Crippen LogP contribution < -0.4 is 0 Å². The van der Waals surface area contributed by atoms with Gasteiger partial charge < -0.3 is 18.6 Å². The van der Waals surface area contributed by atoms with Crippen LogP contribution in [0.1, 0.15) is 85.8 Å². The monoisotopic (exact) mass is 550 g/mol. The van der Waals surface area contributed by atoms with E-state index in [9.17, 15) is 0 Å². The van der Waals surface area contributed by atoms with Gasteiger partial charge in [0.1, 0.15) is 0 Å². The molecular formula is C35H44B2O4. The van der Waals surface area contributed by atoms with Crippen LogP contribution in [0.5, 0.6) is 0 Å². The van der Waals surface area contributed by atoms with Gasteiger partial charge in [0.2, 0.25) is 0 Å². The van der Waals surface area contributed by atoms with Gasteiger partial charge in [0.15, 0.2) is 0 Å². The summed E-state index contributed by atoms with van der Waals surface area (Å²) in [5.74, 6) is 2.00. The van der Waals surface area contributed by atoms with E-state index in [-0.39, 0.29) is 0 Å². The third kappa shape index (κ3) is 4.12. The van der Waals surface area contributed by atoms with Crippen LogP contribution in [0.25, 0.3) is 11.1 Å². The lowest BCUT2D eigenvalue weighted by Crippen LogP contribution is -2.41. The molecule has 4 nitrogen and oxygen atoms in total. The van der Waals surface area contributed by atoms with E-state index in [2.05, 4.69) is 116 Å². The van der Waals surface area contributed by atoms with Crippen molar-refractivity contribution >= 4 is 25.4 Å². The number of benzene rings is 2. The van der Waals surface area contributed by atoms with E-state index < -0.39 is 36.6 Å². The largest absolute Gasteiger partial charge is 0.495 e. The smallest absolute Gasteiger partial charge is 0.400 e. The van der Waals surface area contributed by atoms with Gasteiger partial charge >= 0.3 is 14.2 Å². The lowest BCUT2D eigenvalue weighted by atomic mass is 9.50. The summed E-state index contributed by atoms with van der Waals surface area (Å²) in [7, 11) is -0.917. The Kier molecular flexibility index (Phi) is 6.21. The Morgan fingerprint density at radius 2 is 1.00 bits per heavy atom. The number of hydrogen-bond donors (Lipinski definition) is 0. The Balaban J connectivity index is 1.55. The summed E-state index contributed by atoms with van der Waals surface area (Å²) in [6.07, 6.45) is 3.80. The molecule has 0 unspecified atom stereocenters. The number of hydrogen-bond acceptors (Lipinski definition) is 4. The van der Waals surface area contributed by atoms with E-state index in [1.165, 1.54) is 52.5 Å². The minimum Gasteiger partial charge on any atom is -0.400 e. The van der Waals surface area contributed by atoms with Crippen molar-refractivity contribution in [2.24, 2.45) is 23.7 Å². The van der Waals surface area contributed by atoms with Gasteiger partial charge in [-0.2, -0.15) is 0 Å². The lowest BCUT2D eigenvalue weighted by molar-refractivity contribution is 0.00578. The minimum atomic E-state index is -0.497. The second-order valence-corrected chi connectivity index (χ2v) is 15.0. The normalized spacial score (nSPS) is 32.7. The molecule has 41 heavy (non-hydrogen) atoms. The van der Waals surface area contributed by atoms with E-state index in [0.717, 1.165) is 0 Å². The summed E-state index contributed by atoms with van der Waals surface area (Å²) in [6, 6.07) is 21.9. The molecule has 2 aromatic carbocycles. The molecule has 3 aliphatic carbocycles. The van der Waals surface area contributed by atoms with Crippen molar-refractivity contribution < 1.29 is 18.6 Å². The van der Waals surface area contributed by atoms with Crippen LogP contribution in [0.3, 0.4) is 0 Å². The van der Waals surface area contributed by atoms with Gasteiger partial charge in [0.05, 0.1) is 22.4 Å². The fourth-order valence-corrected chi connectivity index (χ4v) is 8.13. The highest BCUT2D eigenvalue weighted by Crippen LogP contribution is 2.65. The highest BCUT2D eigenvalue weighted by Gasteiger charge is 2.63. The van der Waals surface area contributed by atoms with Crippen molar-refractivity contribution in [2.75, 3.05) is 0 Å². The molecule has 4 fully saturated rings. The van der Waals surface area contributed by atoms with Gasteiger partial charge in [-0.15, -0.1) is 0 Å². The maximum atomic E-state index is 6.93. The van der Waals surface area contributed by atoms with Gasteiger partial charge in [-0.25, -0.2) is 0 Å². The quantitative estimate of drug-likeness (QED) is 0.364. The molecule has 0 N–H and O–H groups in total. The van der Waals surface area contributed by atoms with Crippen molar-refractivity contribution in [3.63, 3.8) is 0 Å². The average Bonchev–Trinajstić information content (AvgIpc) is 3.64. The van der Waals surface area contributed by atoms with Gasteiger partial charge in [-0.1, -0.05) is 60.7 Å². The van der Waals surface area contributed by atoms with Gasteiger partial charge in [-0.05, 0) is 132 Å². The first-order valence-corrected chi connectivity index (χ1v) is 15.6. The third-order valence-electron chi connectivity index (χ3n) is 11.6. The maximum Gasteiger partial charge on any atom is 0.495 e. The third-order valence-corrected chi connectivity index (χ3v) is 11.6. The Morgan fingerprint density at radius 3 is 1.51 bits per heavy atom. The molecule has 7 rings (SSSR count). The predicted molar refractivity (Wildman–Crippen MR) is 167 cm³/mol. The van der Waals surface area contributed by atoms with Gasteiger partial charge in [-0.3, -0.25) is 0 Å². The molecule has 0 radical (unpaired) electrons. The van der Waals surface area contributed by atoms with Crippen molar-refractivity contribution in [2.45, 2.75) is 97.1 Å². The summed E-state index contributed by atoms with van der Waals surface area (Å²) in [6.45, 7) is 17.3. The molecule has 2 saturated carbocycles. The topological polar surface area (TPSA) is 36.9 Å². The molecular weight excluding hydrogens is 506 g/mol. The van der Waals surface area contributed by atoms with Crippen LogP contribution in [-0.2, 0) is 18.6 Å². The van der Waals surface area contributed by atoms with Crippen molar-refractivity contribution in [1.29, 1.82) is 0 Å². The van der Waals surface area contributed by atoms with E-state index in [1.54, 1.807) is 0 Å². The highest BCUT2D eigenvalue weighted by atomic mass is 16.7. The van der Waals surface area contributed by atoms with E-state index >= 15 is 0 Å². The van der Waals surface area contributed by atoms with Crippen LogP contribution in [-0.4, -0.2) is 36.6 Å². The molecule has 2 aliphatic heterocycles. The molecule has 0 aromatic heterocycles. The summed E-state index contributed by atoms with van der Waals surface area (Å²) in [5.41, 5.74) is 5.78. The van der Waals surface area contributed by atoms with E-state index in [4.69, 9.17) is 18.6 Å². The molecule has 2 saturated heterocycles. The fourth-order valence-electron chi connectivity index (χ4n) is 8.13. The Hall–Kier alpha value is -2.11. The zero-order valence-corrected chi connectivity index (χ0v) is 26.0. The number of rotatable bonds is 4. The van der Waals surface area contributed by atoms with Crippen LogP contribution in [0.4, 0.5) is 0 Å². The summed E-state index contributed by atoms with van der Waals surface area (Å²) >= 11 is 0. The zero-order chi connectivity index (χ0) is 28.9. The highest BCUT2D eigenvalue weighted by molar-refractivity contribution is 6.64. The molecule has 4 atom stereocenters. The fraction of sp³-hybridized carbons (Fsp3) is 0.543. The summed E-state index contributed by atoms with van der Waals surface area (Å²) in [4.78, 5) is 0. The standard InChI is InChI=1S/C35H44B2O4/c1-32(2)33(3,4)39-36(38-32)30-27(22-15-11-9-12-16-22)26-24-19-20-25(21-24)28(26)31(29(30)23-17-13-10-14-18-23)37-40-34(5,6)35(7,8)41-37/h9-18,24-26,28H,19-21H2,1-8H3/t24-,25+,26-,28-/m0/s1. The molecule has 2 heterocycles. The van der Waals surface area contributed by atoms with Gasteiger partial charge in [0.25, 0.3) is 0 Å². The average molecular weight is 550 g/mol. The van der Waals surface area contributed by atoms with Crippen LogP contribution >= 0.6 is 0 Å². The molecule has 5 aliphatic rings. The predicted octanol–water partition coefficient (Wildman–Crippen LogP) is 7.83. The molecule has 6 heteroatoms. The van der Waals surface area contributed by atoms with Crippen LogP contribution in [0.2, 0.25) is 0 Å². The van der Waals surface area contributed by atoms with E-state index in [0.29, 0.717) is 23.7 Å². The van der Waals surface area contributed by atoms with Crippen molar-refractivity contribution in [1.82, 2.24) is 0 Å². The maximum absolute atomic E-state index is 6.93. The first-order chi connectivity index (χ1) is 19.3. The van der Waals surface area contributed by atoms with Gasteiger partial charge in [0, 0.05) is 0 Å². The minimum absolute atomic E-state index is 0.361. The molecule has 0 spiro atoms. The molecule has 2 bridgehead atoms. The second kappa shape index (κ2) is 9.19. The molecule has 2 aromatic rings. The van der Waals surface area contributed by atoms with Crippen LogP contribution in [0, 0.1) is 23.7 Å². The Labute approximate surface area is 247 Å². The van der Waals surface area contributed by atoms with Crippen LogP contribution in [0.15, 0.2) is 71.6 Å². The summed E-state index contributed by atoms with van der Waals surface area (Å²) in [5, 5.41) is 0. The SMILES string of the molecule is CC1(C)OB(C2=C(c3ccccc3)[C@@H]3[C@H]4CC[C@H](C4)[C@@H]3C(B3OC(C)(C)C(C)(C)O3)=C2c2ccccc2)OC1(C)C. The lowest BCUT2D eigenvalue weighted by Gasteiger charge is -2.43. The summed E-state index contributed by atoms with van der Waals surface area (Å²) < 4.78 is 27.7. The zero-order valence-electron chi connectivity index (χ0n) is 26.0. The van der Waals surface area contributed by atoms with Crippen molar-refractivity contribution in [3.05, 3.63) is 82.7 Å². The number of allylic oxidation sites excluding steroid dienone is 4. The molecule has 0 amide bonds. The Bertz CT molecular complexity index is 1380. The number of fused-ring (bicyclic) bond motifs is 5. The first kappa shape index (κ1) is 27.7. The van der Waals surface area contributed by atoms with Crippen molar-refractivity contribution in [3.8, 4) is 0 Å². The second-order valence-electron chi connectivity index (χ2n) is 15.0. The Morgan fingerprint density at radius 1 is 0.561 bits per heavy atom. The first-order valence-electron chi connectivity index (χ1n) is 15.6. The molecule has 214 valence electrons.